The maximum Gasteiger partial charge on any atom is 0.317 e. The molecule has 0 spiro atoms. The molecule has 3 rings (SSSR count). The molecule has 0 aromatic heterocycles. The average Bonchev–Trinajstić information content (AvgIpc) is 3.39. The minimum absolute atomic E-state index is 0.0614. The van der Waals surface area contributed by atoms with Crippen molar-refractivity contribution in [2.75, 3.05) is 32.7 Å². The zero-order valence-electron chi connectivity index (χ0n) is 14.2. The Morgan fingerprint density at radius 2 is 1.78 bits per heavy atom. The largest absolute Gasteiger partial charge is 0.353 e. The summed E-state index contributed by atoms with van der Waals surface area (Å²) in [5, 5.41) is 6.03. The Labute approximate surface area is 139 Å². The van der Waals surface area contributed by atoms with Crippen LogP contribution in [0.3, 0.4) is 0 Å². The van der Waals surface area contributed by atoms with Crippen LogP contribution in [-0.4, -0.2) is 66.5 Å². The lowest BCUT2D eigenvalue weighted by atomic mass is 9.93. The Hall–Kier alpha value is -1.30. The molecule has 3 aliphatic rings. The van der Waals surface area contributed by atoms with E-state index in [1.807, 2.05) is 11.8 Å². The van der Waals surface area contributed by atoms with Gasteiger partial charge in [0.05, 0.1) is 5.92 Å². The molecule has 2 N–H and O–H groups in total. The van der Waals surface area contributed by atoms with E-state index in [2.05, 4.69) is 15.5 Å². The van der Waals surface area contributed by atoms with Gasteiger partial charge in [0.1, 0.15) is 0 Å². The van der Waals surface area contributed by atoms with Gasteiger partial charge in [0, 0.05) is 38.3 Å². The second-order valence-electron chi connectivity index (χ2n) is 7.17. The quantitative estimate of drug-likeness (QED) is 0.817. The van der Waals surface area contributed by atoms with Crippen LogP contribution in [0.2, 0.25) is 0 Å². The molecule has 1 unspecified atom stereocenters. The van der Waals surface area contributed by atoms with Crippen LogP contribution in [0, 0.1) is 5.92 Å². The van der Waals surface area contributed by atoms with E-state index >= 15 is 0 Å². The van der Waals surface area contributed by atoms with Gasteiger partial charge in [-0.1, -0.05) is 0 Å². The number of nitrogens with zero attached hydrogens (tertiary/aromatic N) is 2. The number of hydrogen-bond donors (Lipinski definition) is 2. The lowest BCUT2D eigenvalue weighted by Crippen LogP contribution is -2.52. The number of carbonyl (C=O) groups excluding carboxylic acids is 2. The summed E-state index contributed by atoms with van der Waals surface area (Å²) in [6.45, 7) is 6.27. The summed E-state index contributed by atoms with van der Waals surface area (Å²) in [6, 6.07) is 1.04. The lowest BCUT2D eigenvalue weighted by Gasteiger charge is -2.42. The van der Waals surface area contributed by atoms with Gasteiger partial charge in [-0.2, -0.15) is 0 Å². The molecule has 1 atom stereocenters. The predicted octanol–water partition coefficient (Wildman–Crippen LogP) is 1.17. The third-order valence-corrected chi connectivity index (χ3v) is 5.34. The van der Waals surface area contributed by atoms with Gasteiger partial charge in [-0.15, -0.1) is 0 Å². The fourth-order valence-electron chi connectivity index (χ4n) is 3.80. The van der Waals surface area contributed by atoms with Crippen molar-refractivity contribution in [2.24, 2.45) is 5.92 Å². The van der Waals surface area contributed by atoms with Crippen molar-refractivity contribution in [3.8, 4) is 0 Å². The summed E-state index contributed by atoms with van der Waals surface area (Å²) in [4.78, 5) is 28.6. The standard InChI is InChI=1S/C17H30N4O2/c1-2-18-17(23)20-10-7-15(8-11-20)21-9-3-4-13(12-21)16(22)19-14-5-6-14/h13-15H,2-12H2,1H3,(H,18,23)(H,19,22). The number of likely N-dealkylation sites (tertiary alicyclic amines) is 2. The first kappa shape index (κ1) is 16.6. The molecule has 0 aromatic carbocycles. The first-order chi connectivity index (χ1) is 11.2. The van der Waals surface area contributed by atoms with Gasteiger partial charge in [-0.05, 0) is 52.0 Å². The number of amides is 3. The van der Waals surface area contributed by atoms with Crippen LogP contribution in [0.15, 0.2) is 0 Å². The first-order valence-corrected chi connectivity index (χ1v) is 9.24. The second kappa shape index (κ2) is 7.51. The molecular formula is C17H30N4O2. The van der Waals surface area contributed by atoms with E-state index in [0.717, 1.165) is 64.7 Å². The molecule has 1 aliphatic carbocycles. The number of piperidine rings is 2. The summed E-state index contributed by atoms with van der Waals surface area (Å²) < 4.78 is 0. The Balaban J connectivity index is 1.46. The second-order valence-corrected chi connectivity index (χ2v) is 7.17. The molecule has 23 heavy (non-hydrogen) atoms. The van der Waals surface area contributed by atoms with Crippen molar-refractivity contribution in [1.29, 1.82) is 0 Å². The van der Waals surface area contributed by atoms with Crippen LogP contribution < -0.4 is 10.6 Å². The molecule has 0 bridgehead atoms. The van der Waals surface area contributed by atoms with E-state index in [4.69, 9.17) is 0 Å². The van der Waals surface area contributed by atoms with Gasteiger partial charge < -0.3 is 15.5 Å². The molecule has 3 amide bonds. The summed E-state index contributed by atoms with van der Waals surface area (Å²) in [5.74, 6) is 0.419. The molecule has 0 radical (unpaired) electrons. The maximum atomic E-state index is 12.3. The Morgan fingerprint density at radius 3 is 2.43 bits per heavy atom. The van der Waals surface area contributed by atoms with Crippen molar-refractivity contribution in [1.82, 2.24) is 20.4 Å². The number of carbonyl (C=O) groups is 2. The van der Waals surface area contributed by atoms with E-state index in [9.17, 15) is 9.59 Å². The molecular weight excluding hydrogens is 292 g/mol. The Bertz CT molecular complexity index is 430. The predicted molar refractivity (Wildman–Crippen MR) is 89.1 cm³/mol. The first-order valence-electron chi connectivity index (χ1n) is 9.24. The van der Waals surface area contributed by atoms with Crippen LogP contribution in [0.4, 0.5) is 4.79 Å². The zero-order valence-corrected chi connectivity index (χ0v) is 14.2. The summed E-state index contributed by atoms with van der Waals surface area (Å²) in [7, 11) is 0. The van der Waals surface area contributed by atoms with E-state index in [1.165, 1.54) is 0 Å². The van der Waals surface area contributed by atoms with Gasteiger partial charge in [0.15, 0.2) is 0 Å². The normalized spacial score (nSPS) is 26.8. The third kappa shape index (κ3) is 4.37. The van der Waals surface area contributed by atoms with Crippen LogP contribution in [0.5, 0.6) is 0 Å². The molecule has 2 heterocycles. The third-order valence-electron chi connectivity index (χ3n) is 5.34. The van der Waals surface area contributed by atoms with Crippen molar-refractivity contribution >= 4 is 11.9 Å². The zero-order chi connectivity index (χ0) is 16.2. The molecule has 6 heteroatoms. The topological polar surface area (TPSA) is 64.7 Å². The smallest absolute Gasteiger partial charge is 0.317 e. The molecule has 6 nitrogen and oxygen atoms in total. The van der Waals surface area contributed by atoms with Gasteiger partial charge >= 0.3 is 6.03 Å². The van der Waals surface area contributed by atoms with Crippen LogP contribution in [0.25, 0.3) is 0 Å². The van der Waals surface area contributed by atoms with E-state index in [1.54, 1.807) is 0 Å². The van der Waals surface area contributed by atoms with Gasteiger partial charge in [0.25, 0.3) is 0 Å². The van der Waals surface area contributed by atoms with Crippen molar-refractivity contribution in [3.05, 3.63) is 0 Å². The van der Waals surface area contributed by atoms with Crippen molar-refractivity contribution < 1.29 is 9.59 Å². The molecule has 2 saturated heterocycles. The minimum Gasteiger partial charge on any atom is -0.353 e. The fraction of sp³-hybridized carbons (Fsp3) is 0.882. The number of rotatable bonds is 4. The molecule has 0 aromatic rings. The SMILES string of the molecule is CCNC(=O)N1CCC(N2CCCC(C(=O)NC3CC3)C2)CC1. The van der Waals surface area contributed by atoms with E-state index < -0.39 is 0 Å². The van der Waals surface area contributed by atoms with E-state index in [-0.39, 0.29) is 17.9 Å². The van der Waals surface area contributed by atoms with Crippen molar-refractivity contribution in [2.45, 2.75) is 57.5 Å². The fourth-order valence-corrected chi connectivity index (χ4v) is 3.80. The number of urea groups is 1. The lowest BCUT2D eigenvalue weighted by molar-refractivity contribution is -0.127. The van der Waals surface area contributed by atoms with Crippen LogP contribution in [0.1, 0.15) is 45.4 Å². The minimum atomic E-state index is 0.0614. The highest BCUT2D eigenvalue weighted by molar-refractivity contribution is 5.79. The van der Waals surface area contributed by atoms with E-state index in [0.29, 0.717) is 18.6 Å². The maximum absolute atomic E-state index is 12.3. The van der Waals surface area contributed by atoms with Crippen molar-refractivity contribution in [3.63, 3.8) is 0 Å². The monoisotopic (exact) mass is 322 g/mol. The summed E-state index contributed by atoms with van der Waals surface area (Å²) >= 11 is 0. The Morgan fingerprint density at radius 1 is 1.04 bits per heavy atom. The highest BCUT2D eigenvalue weighted by atomic mass is 16.2. The van der Waals surface area contributed by atoms with Crippen LogP contribution >= 0.6 is 0 Å². The molecule has 1 saturated carbocycles. The highest BCUT2D eigenvalue weighted by Crippen LogP contribution is 2.25. The Kier molecular flexibility index (Phi) is 5.41. The molecule has 130 valence electrons. The molecule has 2 aliphatic heterocycles. The number of hydrogen-bond acceptors (Lipinski definition) is 3. The average molecular weight is 322 g/mol. The molecule has 3 fully saturated rings. The summed E-state index contributed by atoms with van der Waals surface area (Å²) in [6.07, 6.45) is 6.48. The van der Waals surface area contributed by atoms with Gasteiger partial charge in [0.2, 0.25) is 5.91 Å². The number of nitrogens with one attached hydrogen (secondary N) is 2. The van der Waals surface area contributed by atoms with Crippen LogP contribution in [-0.2, 0) is 4.79 Å². The summed E-state index contributed by atoms with van der Waals surface area (Å²) in [5.41, 5.74) is 0. The highest BCUT2D eigenvalue weighted by Gasteiger charge is 2.34. The van der Waals surface area contributed by atoms with Gasteiger partial charge in [-0.25, -0.2) is 4.79 Å². The van der Waals surface area contributed by atoms with Gasteiger partial charge in [-0.3, -0.25) is 9.69 Å².